The van der Waals surface area contributed by atoms with Gasteiger partial charge in [0.1, 0.15) is 11.6 Å². The van der Waals surface area contributed by atoms with E-state index in [0.29, 0.717) is 6.54 Å². The quantitative estimate of drug-likeness (QED) is 0.606. The summed E-state index contributed by atoms with van der Waals surface area (Å²) in [5, 5.41) is 5.93. The highest BCUT2D eigenvalue weighted by Crippen LogP contribution is 2.12. The number of carbonyl (C=O) groups excluding carboxylic acids is 1. The van der Waals surface area contributed by atoms with E-state index in [2.05, 4.69) is 30.4 Å². The van der Waals surface area contributed by atoms with Gasteiger partial charge in [-0.05, 0) is 24.3 Å². The molecule has 2 aromatic rings. The van der Waals surface area contributed by atoms with Gasteiger partial charge in [0.2, 0.25) is 5.91 Å². The van der Waals surface area contributed by atoms with E-state index in [1.165, 1.54) is 0 Å². The van der Waals surface area contributed by atoms with Crippen molar-refractivity contribution in [2.45, 2.75) is 6.54 Å². The van der Waals surface area contributed by atoms with Crippen molar-refractivity contribution in [1.82, 2.24) is 20.5 Å². The summed E-state index contributed by atoms with van der Waals surface area (Å²) < 4.78 is 5.20. The molecule has 0 aromatic carbocycles. The molecule has 1 fully saturated rings. The van der Waals surface area contributed by atoms with E-state index >= 15 is 0 Å². The fourth-order valence-corrected chi connectivity index (χ4v) is 2.84. The normalized spacial score (nSPS) is 15.0. The van der Waals surface area contributed by atoms with Crippen molar-refractivity contribution in [2.75, 3.05) is 44.7 Å². The van der Waals surface area contributed by atoms with E-state index in [-0.39, 0.29) is 12.5 Å². The van der Waals surface area contributed by atoms with Crippen LogP contribution in [0.3, 0.4) is 0 Å². The predicted octanol–water partition coefficient (Wildman–Crippen LogP) is 0.688. The molecule has 3 heterocycles. The summed E-state index contributed by atoms with van der Waals surface area (Å²) in [6.45, 7) is 3.93. The van der Waals surface area contributed by atoms with E-state index in [1.54, 1.807) is 19.4 Å². The zero-order valence-corrected chi connectivity index (χ0v) is 14.9. The number of furan rings is 1. The lowest BCUT2D eigenvalue weighted by atomic mass is 10.3. The monoisotopic (exact) mass is 356 g/mol. The molecule has 0 bridgehead atoms. The summed E-state index contributed by atoms with van der Waals surface area (Å²) in [7, 11) is 1.73. The lowest BCUT2D eigenvalue weighted by Crippen LogP contribution is -2.53. The Bertz CT molecular complexity index is 709. The van der Waals surface area contributed by atoms with Gasteiger partial charge in [0.15, 0.2) is 5.96 Å². The van der Waals surface area contributed by atoms with Crippen LogP contribution in [0.4, 0.5) is 5.82 Å². The van der Waals surface area contributed by atoms with Gasteiger partial charge < -0.3 is 24.9 Å². The van der Waals surface area contributed by atoms with Gasteiger partial charge in [0.05, 0.1) is 19.4 Å². The van der Waals surface area contributed by atoms with Gasteiger partial charge in [-0.3, -0.25) is 9.79 Å². The van der Waals surface area contributed by atoms with E-state index < -0.39 is 0 Å². The molecule has 0 radical (unpaired) electrons. The average Bonchev–Trinajstić information content (AvgIpc) is 3.22. The number of hydrogen-bond acceptors (Lipinski definition) is 5. The third-order valence-corrected chi connectivity index (χ3v) is 4.21. The highest BCUT2D eigenvalue weighted by atomic mass is 16.3. The first-order chi connectivity index (χ1) is 12.8. The SMILES string of the molecule is CN=C(NCC(=O)NCc1ccco1)N1CCN(c2ccccn2)CC1. The third kappa shape index (κ3) is 4.75. The van der Waals surface area contributed by atoms with Gasteiger partial charge >= 0.3 is 0 Å². The summed E-state index contributed by atoms with van der Waals surface area (Å²) in [6, 6.07) is 9.56. The number of carbonyl (C=O) groups is 1. The molecular weight excluding hydrogens is 332 g/mol. The molecule has 1 amide bonds. The Morgan fingerprint density at radius 1 is 1.19 bits per heavy atom. The Morgan fingerprint density at radius 3 is 2.69 bits per heavy atom. The Balaban J connectivity index is 1.42. The average molecular weight is 356 g/mol. The molecule has 2 N–H and O–H groups in total. The molecule has 0 spiro atoms. The number of rotatable bonds is 5. The maximum absolute atomic E-state index is 12.0. The summed E-state index contributed by atoms with van der Waals surface area (Å²) in [6.07, 6.45) is 3.40. The van der Waals surface area contributed by atoms with Crippen LogP contribution in [0, 0.1) is 0 Å². The van der Waals surface area contributed by atoms with E-state index in [0.717, 1.165) is 43.7 Å². The van der Waals surface area contributed by atoms with Gasteiger partial charge in [-0.15, -0.1) is 0 Å². The van der Waals surface area contributed by atoms with Gasteiger partial charge in [-0.2, -0.15) is 0 Å². The summed E-state index contributed by atoms with van der Waals surface area (Å²) in [4.78, 5) is 25.1. The van der Waals surface area contributed by atoms with Crippen LogP contribution >= 0.6 is 0 Å². The first-order valence-corrected chi connectivity index (χ1v) is 8.67. The molecule has 0 atom stereocenters. The zero-order chi connectivity index (χ0) is 18.2. The summed E-state index contributed by atoms with van der Waals surface area (Å²) in [5.41, 5.74) is 0. The van der Waals surface area contributed by atoms with Crippen molar-refractivity contribution < 1.29 is 9.21 Å². The van der Waals surface area contributed by atoms with Crippen LogP contribution < -0.4 is 15.5 Å². The minimum atomic E-state index is -0.102. The second-order valence-electron chi connectivity index (χ2n) is 5.92. The number of anilines is 1. The second-order valence-corrected chi connectivity index (χ2v) is 5.92. The Hall–Kier alpha value is -3.03. The molecule has 1 aliphatic rings. The van der Waals surface area contributed by atoms with Crippen molar-refractivity contribution in [1.29, 1.82) is 0 Å². The van der Waals surface area contributed by atoms with Crippen LogP contribution in [-0.4, -0.2) is 61.5 Å². The topological polar surface area (TPSA) is 86.0 Å². The third-order valence-electron chi connectivity index (χ3n) is 4.21. The molecule has 0 aliphatic carbocycles. The van der Waals surface area contributed by atoms with Crippen molar-refractivity contribution in [3.05, 3.63) is 48.6 Å². The van der Waals surface area contributed by atoms with E-state index in [9.17, 15) is 4.79 Å². The lowest BCUT2D eigenvalue weighted by molar-refractivity contribution is -0.120. The summed E-state index contributed by atoms with van der Waals surface area (Å²) in [5.74, 6) is 2.36. The van der Waals surface area contributed by atoms with Crippen molar-refractivity contribution in [3.63, 3.8) is 0 Å². The predicted molar refractivity (Wildman–Crippen MR) is 99.9 cm³/mol. The first kappa shape index (κ1) is 17.8. The minimum Gasteiger partial charge on any atom is -0.467 e. The first-order valence-electron chi connectivity index (χ1n) is 8.67. The van der Waals surface area contributed by atoms with Crippen LogP contribution in [0.2, 0.25) is 0 Å². The molecule has 0 saturated carbocycles. The highest BCUT2D eigenvalue weighted by molar-refractivity contribution is 5.86. The van der Waals surface area contributed by atoms with Crippen molar-refractivity contribution in [2.24, 2.45) is 4.99 Å². The standard InChI is InChI=1S/C18H24N6O2/c1-19-18(22-14-17(25)21-13-15-5-4-12-26-15)24-10-8-23(9-11-24)16-6-2-3-7-20-16/h2-7,12H,8-11,13-14H2,1H3,(H,19,22)(H,21,25). The summed E-state index contributed by atoms with van der Waals surface area (Å²) >= 11 is 0. The number of aromatic nitrogens is 1. The van der Waals surface area contributed by atoms with Crippen molar-refractivity contribution in [3.8, 4) is 0 Å². The molecule has 8 heteroatoms. The number of hydrogen-bond donors (Lipinski definition) is 2. The number of amides is 1. The number of nitrogens with one attached hydrogen (secondary N) is 2. The maximum Gasteiger partial charge on any atom is 0.239 e. The van der Waals surface area contributed by atoms with Crippen molar-refractivity contribution >= 4 is 17.7 Å². The number of aliphatic imine (C=N–C) groups is 1. The van der Waals surface area contributed by atoms with Gasteiger partial charge in [0.25, 0.3) is 0 Å². The molecule has 2 aromatic heterocycles. The lowest BCUT2D eigenvalue weighted by Gasteiger charge is -2.37. The molecule has 8 nitrogen and oxygen atoms in total. The van der Waals surface area contributed by atoms with Gasteiger partial charge in [-0.1, -0.05) is 6.07 Å². The Kier molecular flexibility index (Phi) is 6.08. The molecule has 1 aliphatic heterocycles. The van der Waals surface area contributed by atoms with Crippen LogP contribution in [-0.2, 0) is 11.3 Å². The molecule has 26 heavy (non-hydrogen) atoms. The van der Waals surface area contributed by atoms with E-state index in [1.807, 2.05) is 30.5 Å². The minimum absolute atomic E-state index is 0.102. The number of nitrogens with zero attached hydrogens (tertiary/aromatic N) is 4. The zero-order valence-electron chi connectivity index (χ0n) is 14.9. The molecule has 1 saturated heterocycles. The molecule has 3 rings (SSSR count). The fraction of sp³-hybridized carbons (Fsp3) is 0.389. The van der Waals surface area contributed by atoms with Gasteiger partial charge in [0, 0.05) is 39.4 Å². The maximum atomic E-state index is 12.0. The smallest absolute Gasteiger partial charge is 0.239 e. The van der Waals surface area contributed by atoms with Crippen LogP contribution in [0.5, 0.6) is 0 Å². The Morgan fingerprint density at radius 2 is 2.04 bits per heavy atom. The second kappa shape index (κ2) is 8.89. The van der Waals surface area contributed by atoms with Gasteiger partial charge in [-0.25, -0.2) is 4.98 Å². The van der Waals surface area contributed by atoms with E-state index in [4.69, 9.17) is 4.42 Å². The largest absolute Gasteiger partial charge is 0.467 e. The Labute approximate surface area is 152 Å². The molecular formula is C18H24N6O2. The molecule has 138 valence electrons. The van der Waals surface area contributed by atoms with Crippen LogP contribution in [0.1, 0.15) is 5.76 Å². The number of pyridine rings is 1. The molecule has 0 unspecified atom stereocenters. The van der Waals surface area contributed by atoms with Crippen LogP contribution in [0.25, 0.3) is 0 Å². The number of guanidine groups is 1. The van der Waals surface area contributed by atoms with Crippen LogP contribution in [0.15, 0.2) is 52.2 Å². The fourth-order valence-electron chi connectivity index (χ4n) is 2.84. The highest BCUT2D eigenvalue weighted by Gasteiger charge is 2.20. The number of piperazine rings is 1.